The van der Waals surface area contributed by atoms with Crippen LogP contribution in [0.25, 0.3) is 11.9 Å². The van der Waals surface area contributed by atoms with Crippen molar-refractivity contribution in [2.45, 2.75) is 10.1 Å². The smallest absolute Gasteiger partial charge is 0.191 e. The predicted octanol–water partition coefficient (Wildman–Crippen LogP) is 2.28. The lowest BCUT2D eigenvalue weighted by molar-refractivity contribution is 0.104. The number of allylic oxidation sites excluding steroid dienone is 1. The Morgan fingerprint density at radius 1 is 0.933 bits per heavy atom. The van der Waals surface area contributed by atoms with Crippen LogP contribution < -0.4 is 0 Å². The highest BCUT2D eigenvalue weighted by molar-refractivity contribution is 7.91. The van der Waals surface area contributed by atoms with Crippen LogP contribution in [0.15, 0.2) is 70.9 Å². The maximum absolute atomic E-state index is 12.4. The van der Waals surface area contributed by atoms with Crippen molar-refractivity contribution in [1.29, 1.82) is 0 Å². The molecule has 0 saturated carbocycles. The van der Waals surface area contributed by atoms with Crippen LogP contribution in [0.3, 0.4) is 0 Å². The van der Waals surface area contributed by atoms with Crippen molar-refractivity contribution in [3.8, 4) is 11.6 Å². The summed E-state index contributed by atoms with van der Waals surface area (Å²) in [6.07, 6.45) is 5.89. The fourth-order valence-corrected chi connectivity index (χ4v) is 4.49. The molecule has 0 atom stereocenters. The zero-order chi connectivity index (χ0) is 22.1. The van der Waals surface area contributed by atoms with Gasteiger partial charge in [0.1, 0.15) is 21.6 Å². The van der Waals surface area contributed by atoms with Gasteiger partial charge in [0.25, 0.3) is 0 Å². The van der Waals surface area contributed by atoms with Crippen LogP contribution in [-0.2, 0) is 19.7 Å². The molecule has 3 aromatic rings. The summed E-state index contributed by atoms with van der Waals surface area (Å²) in [4.78, 5) is 16.5. The molecule has 2 heterocycles. The zero-order valence-electron chi connectivity index (χ0n) is 16.1. The molecule has 0 radical (unpaired) electrons. The number of rotatable bonds is 6. The number of phenolic OH excluding ortho intramolecular Hbond substituents is 1. The van der Waals surface area contributed by atoms with Gasteiger partial charge in [0, 0.05) is 29.8 Å². The third-order valence-corrected chi connectivity index (χ3v) is 6.34. The molecular formula is C20H18N2O6S2. The second kappa shape index (κ2) is 7.88. The standard InChI is InChI=1S/C20H18N2O6S2/c1-29(25,26)19-11-12-20(30(2,27)28)22(19)18-10-8-15(13-21-18)17(24)9-7-14-5-3-4-6-16(14)23/h3-13,23H,1-2H3/b9-7+. The number of sulfone groups is 2. The molecule has 10 heteroatoms. The van der Waals surface area contributed by atoms with E-state index >= 15 is 0 Å². The van der Waals surface area contributed by atoms with Gasteiger partial charge in [-0.05, 0) is 42.5 Å². The minimum absolute atomic E-state index is 0.0317. The number of hydrogen-bond donors (Lipinski definition) is 1. The first-order valence-corrected chi connectivity index (χ1v) is 12.4. The van der Waals surface area contributed by atoms with Crippen molar-refractivity contribution < 1.29 is 26.7 Å². The highest BCUT2D eigenvalue weighted by atomic mass is 32.2. The molecule has 30 heavy (non-hydrogen) atoms. The number of ketones is 1. The van der Waals surface area contributed by atoms with Crippen LogP contribution in [0.1, 0.15) is 15.9 Å². The van der Waals surface area contributed by atoms with E-state index in [1.807, 2.05) is 0 Å². The van der Waals surface area contributed by atoms with Gasteiger partial charge in [-0.25, -0.2) is 21.8 Å². The summed E-state index contributed by atoms with van der Waals surface area (Å²) in [5.74, 6) is -0.317. The Bertz CT molecular complexity index is 1300. The van der Waals surface area contributed by atoms with Crippen molar-refractivity contribution in [2.24, 2.45) is 0 Å². The quantitative estimate of drug-likeness (QED) is 0.455. The number of phenols is 1. The summed E-state index contributed by atoms with van der Waals surface area (Å²) in [6.45, 7) is 0. The lowest BCUT2D eigenvalue weighted by Gasteiger charge is -2.11. The van der Waals surface area contributed by atoms with Crippen LogP contribution in [-0.4, -0.2) is 49.8 Å². The van der Waals surface area contributed by atoms with E-state index in [0.29, 0.717) is 5.56 Å². The molecule has 0 fully saturated rings. The fourth-order valence-electron chi connectivity index (χ4n) is 2.76. The van der Waals surface area contributed by atoms with Gasteiger partial charge in [-0.3, -0.25) is 9.36 Å². The van der Waals surface area contributed by atoms with E-state index in [4.69, 9.17) is 0 Å². The van der Waals surface area contributed by atoms with Crippen molar-refractivity contribution in [3.05, 3.63) is 71.9 Å². The van der Waals surface area contributed by atoms with Crippen molar-refractivity contribution in [2.75, 3.05) is 12.5 Å². The van der Waals surface area contributed by atoms with Gasteiger partial charge in [-0.15, -0.1) is 0 Å². The van der Waals surface area contributed by atoms with Crippen LogP contribution >= 0.6 is 0 Å². The maximum atomic E-state index is 12.4. The third kappa shape index (κ3) is 4.50. The number of carbonyl (C=O) groups excluding carboxylic acids is 1. The highest BCUT2D eigenvalue weighted by Crippen LogP contribution is 2.24. The molecule has 0 unspecified atom stereocenters. The first kappa shape index (κ1) is 21.5. The Kier molecular flexibility index (Phi) is 5.64. The van der Waals surface area contributed by atoms with Gasteiger partial charge in [-0.2, -0.15) is 0 Å². The number of hydrogen-bond acceptors (Lipinski definition) is 7. The monoisotopic (exact) mass is 446 g/mol. The summed E-state index contributed by atoms with van der Waals surface area (Å²) < 4.78 is 49.3. The number of carbonyl (C=O) groups is 1. The minimum atomic E-state index is -3.73. The van der Waals surface area contributed by atoms with Crippen molar-refractivity contribution in [3.63, 3.8) is 0 Å². The van der Waals surface area contributed by atoms with Crippen LogP contribution in [0.5, 0.6) is 5.75 Å². The normalized spacial score (nSPS) is 12.3. The first-order chi connectivity index (χ1) is 14.0. The fraction of sp³-hybridized carbons (Fsp3) is 0.100. The molecule has 0 amide bonds. The van der Waals surface area contributed by atoms with Crippen molar-refractivity contribution >= 4 is 31.5 Å². The number of pyridine rings is 1. The van der Waals surface area contributed by atoms with Crippen LogP contribution in [0, 0.1) is 0 Å². The lowest BCUT2D eigenvalue weighted by atomic mass is 10.1. The molecule has 1 N–H and O–H groups in total. The summed E-state index contributed by atoms with van der Waals surface area (Å²) >= 11 is 0. The topological polar surface area (TPSA) is 123 Å². The van der Waals surface area contributed by atoms with Gasteiger partial charge in [0.05, 0.1) is 0 Å². The minimum Gasteiger partial charge on any atom is -0.507 e. The van der Waals surface area contributed by atoms with Gasteiger partial charge >= 0.3 is 0 Å². The van der Waals surface area contributed by atoms with E-state index in [1.54, 1.807) is 18.2 Å². The first-order valence-electron chi connectivity index (χ1n) is 8.57. The molecule has 1 aromatic carbocycles. The maximum Gasteiger partial charge on any atom is 0.191 e. The van der Waals surface area contributed by atoms with E-state index in [-0.39, 0.29) is 27.2 Å². The molecule has 8 nitrogen and oxygen atoms in total. The average molecular weight is 447 g/mol. The Morgan fingerprint density at radius 3 is 2.03 bits per heavy atom. The van der Waals surface area contributed by atoms with Gasteiger partial charge in [-0.1, -0.05) is 18.2 Å². The van der Waals surface area contributed by atoms with E-state index in [1.165, 1.54) is 48.7 Å². The van der Waals surface area contributed by atoms with E-state index < -0.39 is 25.5 Å². The second-order valence-corrected chi connectivity index (χ2v) is 10.5. The van der Waals surface area contributed by atoms with Crippen LogP contribution in [0.4, 0.5) is 0 Å². The van der Waals surface area contributed by atoms with Gasteiger partial charge < -0.3 is 5.11 Å². The molecule has 0 saturated heterocycles. The zero-order valence-corrected chi connectivity index (χ0v) is 17.7. The molecule has 2 aromatic heterocycles. The van der Waals surface area contributed by atoms with Gasteiger partial charge in [0.2, 0.25) is 0 Å². The Labute approximate surface area is 174 Å². The molecule has 156 valence electrons. The highest BCUT2D eigenvalue weighted by Gasteiger charge is 2.24. The summed E-state index contributed by atoms with van der Waals surface area (Å²) in [6, 6.07) is 11.7. The molecular weight excluding hydrogens is 428 g/mol. The SMILES string of the molecule is CS(=O)(=O)c1ccc(S(C)(=O)=O)n1-c1ccc(C(=O)/C=C/c2ccccc2O)cn1. The summed E-state index contributed by atoms with van der Waals surface area (Å²) in [7, 11) is -7.47. The molecule has 0 aliphatic rings. The molecule has 0 bridgehead atoms. The van der Waals surface area contributed by atoms with Crippen molar-refractivity contribution in [1.82, 2.24) is 9.55 Å². The molecule has 0 aliphatic carbocycles. The second-order valence-electron chi connectivity index (χ2n) is 6.55. The molecule has 0 spiro atoms. The molecule has 0 aliphatic heterocycles. The molecule has 3 rings (SSSR count). The Balaban J connectivity index is 1.98. The van der Waals surface area contributed by atoms with E-state index in [2.05, 4.69) is 4.98 Å². The van der Waals surface area contributed by atoms with Crippen LogP contribution in [0.2, 0.25) is 0 Å². The number of aromatic hydroxyl groups is 1. The Morgan fingerprint density at radius 2 is 1.53 bits per heavy atom. The average Bonchev–Trinajstić information content (AvgIpc) is 3.13. The summed E-state index contributed by atoms with van der Waals surface area (Å²) in [5.41, 5.74) is 0.678. The Hall–Kier alpha value is -3.24. The third-order valence-electron chi connectivity index (χ3n) is 4.18. The predicted molar refractivity (Wildman–Crippen MR) is 111 cm³/mol. The largest absolute Gasteiger partial charge is 0.507 e. The van der Waals surface area contributed by atoms with E-state index in [0.717, 1.165) is 17.1 Å². The number of nitrogens with zero attached hydrogens (tertiary/aromatic N) is 2. The number of para-hydroxylation sites is 1. The van der Waals surface area contributed by atoms with E-state index in [9.17, 15) is 26.7 Å². The number of benzene rings is 1. The number of aromatic nitrogens is 2. The summed E-state index contributed by atoms with van der Waals surface area (Å²) in [5, 5.41) is 9.29. The van der Waals surface area contributed by atoms with Gasteiger partial charge in [0.15, 0.2) is 25.5 Å². The lowest BCUT2D eigenvalue weighted by Crippen LogP contribution is -2.13.